The van der Waals surface area contributed by atoms with Gasteiger partial charge in [-0.3, -0.25) is 13.9 Å². The van der Waals surface area contributed by atoms with Crippen molar-refractivity contribution in [2.75, 3.05) is 17.4 Å². The van der Waals surface area contributed by atoms with Gasteiger partial charge in [-0.25, -0.2) is 8.42 Å². The van der Waals surface area contributed by atoms with Gasteiger partial charge in [-0.05, 0) is 69.5 Å². The fourth-order valence-electron chi connectivity index (χ4n) is 4.03. The molecule has 1 atom stereocenters. The van der Waals surface area contributed by atoms with Crippen molar-refractivity contribution in [2.45, 2.75) is 52.1 Å². The number of carbonyl (C=O) groups is 2. The molecule has 0 aromatic heterocycles. The normalized spacial score (nSPS) is 12.0. The van der Waals surface area contributed by atoms with Crippen molar-refractivity contribution in [3.63, 3.8) is 0 Å². The molecule has 0 saturated heterocycles. The third kappa shape index (κ3) is 6.57. The van der Waals surface area contributed by atoms with Crippen LogP contribution in [0.1, 0.15) is 36.1 Å². The van der Waals surface area contributed by atoms with E-state index in [0.29, 0.717) is 12.2 Å². The molecule has 0 spiro atoms. The SMILES string of the molecule is CCNC(=O)[C@@H](C)N(Cc1ccc(C)cc1)C(=O)CN(c1cccc(C)c1C)S(=O)(=O)c1ccccc1. The predicted octanol–water partition coefficient (Wildman–Crippen LogP) is 4.36. The monoisotopic (exact) mass is 521 g/mol. The van der Waals surface area contributed by atoms with Crippen LogP contribution in [-0.4, -0.2) is 44.3 Å². The first-order valence-corrected chi connectivity index (χ1v) is 13.8. The molecule has 3 rings (SSSR count). The van der Waals surface area contributed by atoms with E-state index in [1.54, 1.807) is 37.3 Å². The lowest BCUT2D eigenvalue weighted by Gasteiger charge is -2.32. The molecule has 0 radical (unpaired) electrons. The fourth-order valence-corrected chi connectivity index (χ4v) is 5.53. The number of anilines is 1. The summed E-state index contributed by atoms with van der Waals surface area (Å²) < 4.78 is 28.8. The second-order valence-corrected chi connectivity index (χ2v) is 11.0. The van der Waals surface area contributed by atoms with Gasteiger partial charge in [0.05, 0.1) is 10.6 Å². The summed E-state index contributed by atoms with van der Waals surface area (Å²) >= 11 is 0. The molecule has 37 heavy (non-hydrogen) atoms. The van der Waals surface area contributed by atoms with Gasteiger partial charge < -0.3 is 10.2 Å². The number of hydrogen-bond donors (Lipinski definition) is 1. The zero-order valence-electron chi connectivity index (χ0n) is 22.1. The molecular weight excluding hydrogens is 486 g/mol. The molecule has 0 aliphatic rings. The molecule has 0 bridgehead atoms. The number of hydrogen-bond acceptors (Lipinski definition) is 4. The summed E-state index contributed by atoms with van der Waals surface area (Å²) in [4.78, 5) is 28.2. The third-order valence-electron chi connectivity index (χ3n) is 6.45. The average molecular weight is 522 g/mol. The number of amides is 2. The van der Waals surface area contributed by atoms with Gasteiger partial charge in [0, 0.05) is 13.1 Å². The van der Waals surface area contributed by atoms with Crippen molar-refractivity contribution in [2.24, 2.45) is 0 Å². The lowest BCUT2D eigenvalue weighted by Crippen LogP contribution is -2.51. The van der Waals surface area contributed by atoms with Crippen LogP contribution in [0.2, 0.25) is 0 Å². The van der Waals surface area contributed by atoms with Gasteiger partial charge >= 0.3 is 0 Å². The average Bonchev–Trinajstić information content (AvgIpc) is 2.88. The topological polar surface area (TPSA) is 86.8 Å². The van der Waals surface area contributed by atoms with Crippen LogP contribution in [0.3, 0.4) is 0 Å². The molecule has 3 aromatic carbocycles. The molecule has 3 aromatic rings. The molecule has 0 aliphatic carbocycles. The minimum absolute atomic E-state index is 0.0885. The number of rotatable bonds is 10. The summed E-state index contributed by atoms with van der Waals surface area (Å²) in [7, 11) is -4.07. The van der Waals surface area contributed by atoms with E-state index in [4.69, 9.17) is 0 Å². The predicted molar refractivity (Wildman–Crippen MR) is 147 cm³/mol. The standard InChI is InChI=1S/C29H35N3O4S/c1-6-30-29(34)24(5)31(19-25-17-15-21(2)16-18-25)28(33)20-32(27-14-10-11-22(3)23(27)4)37(35,36)26-12-8-7-9-13-26/h7-18,24H,6,19-20H2,1-5H3,(H,30,34)/t24-/m1/s1. The summed E-state index contributed by atoms with van der Waals surface area (Å²) in [6, 6.07) is 20.3. The highest BCUT2D eigenvalue weighted by molar-refractivity contribution is 7.92. The Morgan fingerprint density at radius 1 is 0.892 bits per heavy atom. The number of likely N-dealkylation sites (N-methyl/N-ethyl adjacent to an activating group) is 1. The van der Waals surface area contributed by atoms with E-state index in [9.17, 15) is 18.0 Å². The van der Waals surface area contributed by atoms with E-state index >= 15 is 0 Å². The van der Waals surface area contributed by atoms with Crippen LogP contribution >= 0.6 is 0 Å². The Bertz CT molecular complexity index is 1340. The Morgan fingerprint density at radius 3 is 2.16 bits per heavy atom. The van der Waals surface area contributed by atoms with Gasteiger partial charge in [-0.2, -0.15) is 0 Å². The number of nitrogens with zero attached hydrogens (tertiary/aromatic N) is 2. The summed E-state index contributed by atoms with van der Waals surface area (Å²) in [5, 5.41) is 2.77. The number of carbonyl (C=O) groups excluding carboxylic acids is 2. The van der Waals surface area contributed by atoms with Crippen molar-refractivity contribution < 1.29 is 18.0 Å². The van der Waals surface area contributed by atoms with E-state index < -0.39 is 28.5 Å². The number of nitrogens with one attached hydrogen (secondary N) is 1. The number of aryl methyl sites for hydroxylation is 2. The van der Waals surface area contributed by atoms with Gasteiger partial charge in [-0.1, -0.05) is 60.2 Å². The van der Waals surface area contributed by atoms with Crippen LogP contribution in [0.5, 0.6) is 0 Å². The summed E-state index contributed by atoms with van der Waals surface area (Å²) in [5.41, 5.74) is 4.02. The van der Waals surface area contributed by atoms with E-state index in [2.05, 4.69) is 5.32 Å². The molecule has 8 heteroatoms. The van der Waals surface area contributed by atoms with E-state index in [1.165, 1.54) is 17.0 Å². The Kier molecular flexibility index (Phi) is 9.10. The fraction of sp³-hybridized carbons (Fsp3) is 0.310. The van der Waals surface area contributed by atoms with Crippen molar-refractivity contribution in [1.82, 2.24) is 10.2 Å². The highest BCUT2D eigenvalue weighted by Gasteiger charge is 2.33. The summed E-state index contributed by atoms with van der Waals surface area (Å²) in [6.45, 7) is 9.32. The van der Waals surface area contributed by atoms with Gasteiger partial charge in [0.15, 0.2) is 0 Å². The van der Waals surface area contributed by atoms with Crippen LogP contribution in [-0.2, 0) is 26.2 Å². The van der Waals surface area contributed by atoms with E-state index in [-0.39, 0.29) is 17.3 Å². The second-order valence-electron chi connectivity index (χ2n) is 9.12. The van der Waals surface area contributed by atoms with Crippen molar-refractivity contribution in [3.05, 3.63) is 95.1 Å². The Labute approximate surface area is 220 Å². The largest absolute Gasteiger partial charge is 0.355 e. The summed E-state index contributed by atoms with van der Waals surface area (Å²) in [6.07, 6.45) is 0. The van der Waals surface area contributed by atoms with E-state index in [0.717, 1.165) is 26.6 Å². The molecule has 1 N–H and O–H groups in total. The summed E-state index contributed by atoms with van der Waals surface area (Å²) in [5.74, 6) is -0.771. The Hall–Kier alpha value is -3.65. The molecule has 0 fully saturated rings. The zero-order valence-corrected chi connectivity index (χ0v) is 22.9. The maximum absolute atomic E-state index is 13.9. The molecular formula is C29H35N3O4S. The van der Waals surface area contributed by atoms with Crippen LogP contribution < -0.4 is 9.62 Å². The second kappa shape index (κ2) is 12.1. The smallest absolute Gasteiger partial charge is 0.264 e. The van der Waals surface area contributed by atoms with Crippen LogP contribution in [0, 0.1) is 20.8 Å². The lowest BCUT2D eigenvalue weighted by molar-refractivity contribution is -0.139. The molecule has 2 amide bonds. The highest BCUT2D eigenvalue weighted by Crippen LogP contribution is 2.29. The maximum atomic E-state index is 13.9. The molecule has 196 valence electrons. The lowest BCUT2D eigenvalue weighted by atomic mass is 10.1. The van der Waals surface area contributed by atoms with Crippen molar-refractivity contribution in [1.29, 1.82) is 0 Å². The first-order chi connectivity index (χ1) is 17.6. The van der Waals surface area contributed by atoms with Gasteiger partial charge in [0.1, 0.15) is 12.6 Å². The molecule has 0 unspecified atom stereocenters. The molecule has 0 saturated carbocycles. The van der Waals surface area contributed by atoms with Gasteiger partial charge in [0.25, 0.3) is 10.0 Å². The number of sulfonamides is 1. The Balaban J connectivity index is 2.06. The zero-order chi connectivity index (χ0) is 27.2. The van der Waals surface area contributed by atoms with Crippen LogP contribution in [0.25, 0.3) is 0 Å². The first kappa shape index (κ1) is 27.9. The molecule has 0 aliphatic heterocycles. The van der Waals surface area contributed by atoms with E-state index in [1.807, 2.05) is 58.0 Å². The number of benzene rings is 3. The highest BCUT2D eigenvalue weighted by atomic mass is 32.2. The van der Waals surface area contributed by atoms with Crippen molar-refractivity contribution >= 4 is 27.5 Å². The molecule has 7 nitrogen and oxygen atoms in total. The third-order valence-corrected chi connectivity index (χ3v) is 8.22. The molecule has 0 heterocycles. The van der Waals surface area contributed by atoms with Crippen LogP contribution in [0.4, 0.5) is 5.69 Å². The maximum Gasteiger partial charge on any atom is 0.264 e. The Morgan fingerprint density at radius 2 is 1.54 bits per heavy atom. The minimum atomic E-state index is -4.07. The minimum Gasteiger partial charge on any atom is -0.355 e. The van der Waals surface area contributed by atoms with Gasteiger partial charge in [-0.15, -0.1) is 0 Å². The quantitative estimate of drug-likeness (QED) is 0.430. The first-order valence-electron chi connectivity index (χ1n) is 12.3. The van der Waals surface area contributed by atoms with Crippen molar-refractivity contribution in [3.8, 4) is 0 Å². The van der Waals surface area contributed by atoms with Gasteiger partial charge in [0.2, 0.25) is 11.8 Å². The van der Waals surface area contributed by atoms with Crippen LogP contribution in [0.15, 0.2) is 77.7 Å².